The van der Waals surface area contributed by atoms with Gasteiger partial charge in [0.25, 0.3) is 0 Å². The van der Waals surface area contributed by atoms with Gasteiger partial charge in [-0.2, -0.15) is 0 Å². The van der Waals surface area contributed by atoms with Crippen LogP contribution in [0.5, 0.6) is 5.75 Å². The molecule has 214 valence electrons. The first kappa shape index (κ1) is 29.6. The number of nitrogens with zero attached hydrogens (tertiary/aromatic N) is 1. The number of primary amides is 1. The number of rotatable bonds is 15. The molecule has 0 aromatic heterocycles. The topological polar surface area (TPSA) is 113 Å². The van der Waals surface area contributed by atoms with Gasteiger partial charge in [0.1, 0.15) is 5.75 Å². The van der Waals surface area contributed by atoms with Crippen LogP contribution in [0.2, 0.25) is 0 Å². The quantitative estimate of drug-likeness (QED) is 0.175. The van der Waals surface area contributed by atoms with Crippen LogP contribution in [0.15, 0.2) is 42.5 Å². The smallest absolute Gasteiger partial charge is 0.325 e. The summed E-state index contributed by atoms with van der Waals surface area (Å²) < 4.78 is 17.5. The number of unbranched alkanes of at least 4 members (excludes halogenated alkanes) is 5. The molecule has 4 rings (SSSR count). The second-order valence-corrected chi connectivity index (χ2v) is 13.0. The van der Waals surface area contributed by atoms with E-state index in [4.69, 9.17) is 10.5 Å². The fourth-order valence-corrected chi connectivity index (χ4v) is 6.99. The van der Waals surface area contributed by atoms with Crippen LogP contribution < -0.4 is 15.4 Å². The first-order chi connectivity index (χ1) is 18.8. The lowest BCUT2D eigenvalue weighted by atomic mass is 9.73. The molecule has 8 heteroatoms. The van der Waals surface area contributed by atoms with E-state index in [1.165, 1.54) is 36.9 Å². The molecule has 7 nitrogen and oxygen atoms in total. The van der Waals surface area contributed by atoms with Gasteiger partial charge in [0, 0.05) is 30.1 Å². The minimum absolute atomic E-state index is 0.0236. The number of carbonyl (C=O) groups excluding carboxylic acids is 1. The first-order valence-corrected chi connectivity index (χ1v) is 16.5. The van der Waals surface area contributed by atoms with Crippen molar-refractivity contribution in [3.05, 3.63) is 59.2 Å². The predicted molar refractivity (Wildman–Crippen MR) is 156 cm³/mol. The maximum atomic E-state index is 12.6. The van der Waals surface area contributed by atoms with Crippen molar-refractivity contribution in [2.45, 2.75) is 96.1 Å². The third-order valence-electron chi connectivity index (χ3n) is 8.35. The van der Waals surface area contributed by atoms with Crippen molar-refractivity contribution in [3.63, 3.8) is 0 Å². The van der Waals surface area contributed by atoms with E-state index >= 15 is 0 Å². The van der Waals surface area contributed by atoms with E-state index < -0.39 is 7.60 Å². The Morgan fingerprint density at radius 3 is 2.51 bits per heavy atom. The van der Waals surface area contributed by atoms with E-state index in [9.17, 15) is 19.1 Å². The zero-order valence-corrected chi connectivity index (χ0v) is 24.2. The van der Waals surface area contributed by atoms with Gasteiger partial charge in [-0.25, -0.2) is 0 Å². The van der Waals surface area contributed by atoms with E-state index in [1.807, 2.05) is 6.07 Å². The molecule has 0 radical (unpaired) electrons. The standard InChI is InChI=1S/C31H45N2O5P/c1-2-3-4-5-6-10-15-24-20-28-26(21-29(24)38-18-12-19-39(35,36)37)30-25(31(32)34)16-11-17-27(30)33(28)22-23-13-8-7-9-14-23/h7-9,13-14,20-21,25,27,30H,2-6,10-12,15-19,22H2,1H3,(H2,32,34)(H2,35,36,37). The summed E-state index contributed by atoms with van der Waals surface area (Å²) in [5.74, 6) is 0.352. The van der Waals surface area contributed by atoms with Gasteiger partial charge in [-0.15, -0.1) is 0 Å². The van der Waals surface area contributed by atoms with Crippen LogP contribution in [-0.4, -0.2) is 34.5 Å². The van der Waals surface area contributed by atoms with Crippen molar-refractivity contribution >= 4 is 19.2 Å². The molecule has 0 bridgehead atoms. The lowest BCUT2D eigenvalue weighted by Crippen LogP contribution is -2.42. The summed E-state index contributed by atoms with van der Waals surface area (Å²) in [4.78, 5) is 33.6. The van der Waals surface area contributed by atoms with Crippen LogP contribution in [0.3, 0.4) is 0 Å². The second-order valence-electron chi connectivity index (χ2n) is 11.3. The van der Waals surface area contributed by atoms with Crippen molar-refractivity contribution in [1.82, 2.24) is 0 Å². The van der Waals surface area contributed by atoms with Crippen molar-refractivity contribution in [1.29, 1.82) is 0 Å². The maximum Gasteiger partial charge on any atom is 0.325 e. The van der Waals surface area contributed by atoms with Gasteiger partial charge >= 0.3 is 7.60 Å². The number of hydrogen-bond acceptors (Lipinski definition) is 4. The molecule has 2 aliphatic rings. The average Bonchev–Trinajstić information content (AvgIpc) is 3.20. The minimum Gasteiger partial charge on any atom is -0.493 e. The van der Waals surface area contributed by atoms with Gasteiger partial charge in [0.2, 0.25) is 5.91 Å². The molecule has 2 aromatic rings. The Morgan fingerprint density at radius 1 is 1.05 bits per heavy atom. The van der Waals surface area contributed by atoms with Crippen molar-refractivity contribution in [2.75, 3.05) is 17.7 Å². The number of anilines is 1. The summed E-state index contributed by atoms with van der Waals surface area (Å²) >= 11 is 0. The molecule has 1 fully saturated rings. The Kier molecular flexibility index (Phi) is 10.5. The van der Waals surface area contributed by atoms with Crippen molar-refractivity contribution < 1.29 is 23.9 Å². The number of aryl methyl sites for hydroxylation is 1. The number of amides is 1. The van der Waals surface area contributed by atoms with Gasteiger partial charge in [0.05, 0.1) is 12.8 Å². The summed E-state index contributed by atoms with van der Waals surface area (Å²) in [6.45, 7) is 3.25. The lowest BCUT2D eigenvalue weighted by molar-refractivity contribution is -0.123. The normalized spacial score (nSPS) is 20.5. The average molecular weight is 557 g/mol. The molecule has 4 N–H and O–H groups in total. The Hall–Kier alpha value is -2.34. The predicted octanol–water partition coefficient (Wildman–Crippen LogP) is 6.29. The lowest BCUT2D eigenvalue weighted by Gasteiger charge is -2.37. The molecule has 3 atom stereocenters. The van der Waals surface area contributed by atoms with E-state index in [-0.39, 0.29) is 43.0 Å². The highest BCUT2D eigenvalue weighted by Crippen LogP contribution is 2.52. The minimum atomic E-state index is -4.06. The van der Waals surface area contributed by atoms with E-state index in [1.54, 1.807) is 0 Å². The molecular weight excluding hydrogens is 511 g/mol. The highest BCUT2D eigenvalue weighted by molar-refractivity contribution is 7.51. The summed E-state index contributed by atoms with van der Waals surface area (Å²) in [5, 5.41) is 0. The SMILES string of the molecule is CCCCCCCCc1cc2c(cc1OCCCP(=O)(O)O)C1C(C(N)=O)CCCC1N2Cc1ccccc1. The van der Waals surface area contributed by atoms with E-state index in [0.29, 0.717) is 0 Å². The molecule has 1 aliphatic heterocycles. The summed E-state index contributed by atoms with van der Waals surface area (Å²) in [6, 6.07) is 15.0. The molecule has 3 unspecified atom stereocenters. The Balaban J connectivity index is 1.64. The summed E-state index contributed by atoms with van der Waals surface area (Å²) in [6.07, 6.45) is 11.0. The monoisotopic (exact) mass is 556 g/mol. The summed E-state index contributed by atoms with van der Waals surface area (Å²) in [5.41, 5.74) is 10.6. The van der Waals surface area contributed by atoms with Crippen molar-refractivity contribution in [2.24, 2.45) is 11.7 Å². The number of nitrogens with two attached hydrogens (primary N) is 1. The Morgan fingerprint density at radius 2 is 1.79 bits per heavy atom. The van der Waals surface area contributed by atoms with Crippen LogP contribution in [0.25, 0.3) is 0 Å². The van der Waals surface area contributed by atoms with Gasteiger partial charge in [0.15, 0.2) is 0 Å². The first-order valence-electron chi connectivity index (χ1n) is 14.7. The number of hydrogen-bond donors (Lipinski definition) is 3. The van der Waals surface area contributed by atoms with Crippen LogP contribution in [0, 0.1) is 5.92 Å². The largest absolute Gasteiger partial charge is 0.493 e. The molecule has 2 aromatic carbocycles. The molecule has 39 heavy (non-hydrogen) atoms. The second kappa shape index (κ2) is 13.8. The van der Waals surface area contributed by atoms with Gasteiger partial charge < -0.3 is 25.2 Å². The molecule has 0 saturated heterocycles. The molecule has 0 spiro atoms. The van der Waals surface area contributed by atoms with Crippen LogP contribution >= 0.6 is 7.60 Å². The summed E-state index contributed by atoms with van der Waals surface area (Å²) in [7, 11) is -4.06. The Bertz CT molecular complexity index is 1140. The molecule has 1 saturated carbocycles. The third-order valence-corrected chi connectivity index (χ3v) is 9.25. The zero-order chi connectivity index (χ0) is 27.8. The number of fused-ring (bicyclic) bond motifs is 3. The number of benzene rings is 2. The van der Waals surface area contributed by atoms with Crippen molar-refractivity contribution in [3.8, 4) is 5.75 Å². The highest BCUT2D eigenvalue weighted by Gasteiger charge is 2.47. The van der Waals surface area contributed by atoms with Crippen LogP contribution in [0.4, 0.5) is 5.69 Å². The fraction of sp³-hybridized carbons (Fsp3) is 0.581. The third kappa shape index (κ3) is 7.87. The fourth-order valence-electron chi connectivity index (χ4n) is 6.45. The van der Waals surface area contributed by atoms with Gasteiger partial charge in [-0.05, 0) is 60.9 Å². The van der Waals surface area contributed by atoms with Gasteiger partial charge in [-0.3, -0.25) is 9.36 Å². The highest BCUT2D eigenvalue weighted by atomic mass is 31.2. The van der Waals surface area contributed by atoms with Crippen LogP contribution in [0.1, 0.15) is 93.7 Å². The maximum absolute atomic E-state index is 12.6. The molecule has 1 heterocycles. The van der Waals surface area contributed by atoms with Crippen LogP contribution in [-0.2, 0) is 22.3 Å². The zero-order valence-electron chi connectivity index (χ0n) is 23.3. The van der Waals surface area contributed by atoms with Gasteiger partial charge in [-0.1, -0.05) is 75.8 Å². The van der Waals surface area contributed by atoms with E-state index in [2.05, 4.69) is 48.2 Å². The Labute approximate surface area is 233 Å². The van der Waals surface area contributed by atoms with E-state index in [0.717, 1.165) is 61.9 Å². The molecule has 1 aliphatic carbocycles. The number of carbonyl (C=O) groups is 1. The number of ether oxygens (including phenoxy) is 1. The molecule has 1 amide bonds. The molecular formula is C31H45N2O5P.